The quantitative estimate of drug-likeness (QED) is 0.735. The van der Waals surface area contributed by atoms with E-state index in [1.807, 2.05) is 48.5 Å². The Kier molecular flexibility index (Phi) is 7.46. The number of hydrogen-bond acceptors (Lipinski definition) is 4. The van der Waals surface area contributed by atoms with Crippen LogP contribution >= 0.6 is 0 Å². The van der Waals surface area contributed by atoms with Gasteiger partial charge in [-0.3, -0.25) is 9.69 Å². The predicted molar refractivity (Wildman–Crippen MR) is 112 cm³/mol. The highest BCUT2D eigenvalue weighted by Crippen LogP contribution is 2.31. The van der Waals surface area contributed by atoms with Gasteiger partial charge in [0.2, 0.25) is 5.91 Å². The number of methoxy groups -OCH3 is 1. The van der Waals surface area contributed by atoms with Gasteiger partial charge in [0.15, 0.2) is 0 Å². The van der Waals surface area contributed by atoms with Crippen LogP contribution in [0.1, 0.15) is 48.9 Å². The van der Waals surface area contributed by atoms with Crippen molar-refractivity contribution in [1.82, 2.24) is 10.2 Å². The smallest absolute Gasteiger partial charge is 0.221 e. The molecule has 5 nitrogen and oxygen atoms in total. The minimum absolute atomic E-state index is 0.0201. The van der Waals surface area contributed by atoms with E-state index in [4.69, 9.17) is 10.5 Å². The average Bonchev–Trinajstić information content (AvgIpc) is 2.75. The first-order valence-corrected chi connectivity index (χ1v) is 10.1. The molecule has 0 saturated carbocycles. The molecular formula is C23H31N3O2. The normalized spacial score (nSPS) is 16.9. The number of rotatable bonds is 8. The monoisotopic (exact) mass is 381 g/mol. The van der Waals surface area contributed by atoms with E-state index in [9.17, 15) is 4.79 Å². The third-order valence-electron chi connectivity index (χ3n) is 5.45. The Hall–Kier alpha value is -2.37. The van der Waals surface area contributed by atoms with Gasteiger partial charge in [-0.1, -0.05) is 55.0 Å². The molecule has 3 rings (SSSR count). The van der Waals surface area contributed by atoms with Gasteiger partial charge in [-0.25, -0.2) is 0 Å². The fourth-order valence-corrected chi connectivity index (χ4v) is 3.91. The van der Waals surface area contributed by atoms with Crippen LogP contribution < -0.4 is 15.8 Å². The lowest BCUT2D eigenvalue weighted by molar-refractivity contribution is -0.121. The summed E-state index contributed by atoms with van der Waals surface area (Å²) in [4.78, 5) is 15.0. The molecular weight excluding hydrogens is 350 g/mol. The van der Waals surface area contributed by atoms with Crippen molar-refractivity contribution in [1.29, 1.82) is 0 Å². The first-order chi connectivity index (χ1) is 13.7. The van der Waals surface area contributed by atoms with E-state index < -0.39 is 0 Å². The molecule has 28 heavy (non-hydrogen) atoms. The molecule has 1 saturated heterocycles. The number of piperidine rings is 1. The Morgan fingerprint density at radius 2 is 1.75 bits per heavy atom. The summed E-state index contributed by atoms with van der Waals surface area (Å²) in [5.74, 6) is 0.849. The summed E-state index contributed by atoms with van der Waals surface area (Å²) in [6.45, 7) is 2.64. The van der Waals surface area contributed by atoms with Crippen molar-refractivity contribution in [3.05, 3.63) is 65.7 Å². The summed E-state index contributed by atoms with van der Waals surface area (Å²) >= 11 is 0. The van der Waals surface area contributed by atoms with Crippen LogP contribution in [0.3, 0.4) is 0 Å². The highest BCUT2D eigenvalue weighted by molar-refractivity contribution is 5.76. The minimum Gasteiger partial charge on any atom is -0.496 e. The molecule has 150 valence electrons. The number of nitrogens with zero attached hydrogens (tertiary/aromatic N) is 1. The van der Waals surface area contributed by atoms with Crippen molar-refractivity contribution < 1.29 is 9.53 Å². The van der Waals surface area contributed by atoms with Gasteiger partial charge in [-0.05, 0) is 37.6 Å². The van der Waals surface area contributed by atoms with Crippen molar-refractivity contribution in [3.63, 3.8) is 0 Å². The van der Waals surface area contributed by atoms with Gasteiger partial charge in [-0.2, -0.15) is 0 Å². The van der Waals surface area contributed by atoms with E-state index in [2.05, 4.69) is 16.3 Å². The van der Waals surface area contributed by atoms with Gasteiger partial charge in [0, 0.05) is 24.6 Å². The summed E-state index contributed by atoms with van der Waals surface area (Å²) in [7, 11) is 1.70. The van der Waals surface area contributed by atoms with Crippen LogP contribution in [0.4, 0.5) is 0 Å². The number of likely N-dealkylation sites (tertiary alicyclic amines) is 1. The van der Waals surface area contributed by atoms with Gasteiger partial charge >= 0.3 is 0 Å². The molecule has 0 bridgehead atoms. The van der Waals surface area contributed by atoms with Crippen LogP contribution in [0.15, 0.2) is 54.6 Å². The molecule has 0 spiro atoms. The van der Waals surface area contributed by atoms with Crippen LogP contribution in [-0.2, 0) is 4.79 Å². The summed E-state index contributed by atoms with van der Waals surface area (Å²) in [6, 6.07) is 17.7. The van der Waals surface area contributed by atoms with Crippen molar-refractivity contribution >= 4 is 5.91 Å². The number of amides is 1. The van der Waals surface area contributed by atoms with Gasteiger partial charge in [0.1, 0.15) is 5.75 Å². The maximum atomic E-state index is 12.6. The van der Waals surface area contributed by atoms with Gasteiger partial charge in [-0.15, -0.1) is 0 Å². The number of para-hydroxylation sites is 1. The number of hydrogen-bond donors (Lipinski definition) is 2. The number of nitrogens with one attached hydrogen (secondary N) is 1. The maximum Gasteiger partial charge on any atom is 0.221 e. The third-order valence-corrected chi connectivity index (χ3v) is 5.45. The zero-order chi connectivity index (χ0) is 19.8. The van der Waals surface area contributed by atoms with E-state index in [1.54, 1.807) is 7.11 Å². The topological polar surface area (TPSA) is 67.6 Å². The zero-order valence-corrected chi connectivity index (χ0v) is 16.6. The molecule has 0 aromatic heterocycles. The van der Waals surface area contributed by atoms with Crippen LogP contribution in [-0.4, -0.2) is 37.6 Å². The lowest BCUT2D eigenvalue weighted by Gasteiger charge is -2.35. The second kappa shape index (κ2) is 10.2. The van der Waals surface area contributed by atoms with Crippen LogP contribution in [0, 0.1) is 0 Å². The molecule has 1 amide bonds. The fourth-order valence-electron chi connectivity index (χ4n) is 3.91. The number of benzene rings is 2. The number of nitrogens with two attached hydrogens (primary N) is 1. The van der Waals surface area contributed by atoms with Gasteiger partial charge in [0.25, 0.3) is 0 Å². The zero-order valence-electron chi connectivity index (χ0n) is 16.6. The third kappa shape index (κ3) is 5.33. The highest BCUT2D eigenvalue weighted by atomic mass is 16.5. The molecule has 0 radical (unpaired) electrons. The maximum absolute atomic E-state index is 12.6. The molecule has 2 unspecified atom stereocenters. The predicted octanol–water partition coefficient (Wildman–Crippen LogP) is 3.43. The number of ether oxygens (including phenoxy) is 1. The second-order valence-electron chi connectivity index (χ2n) is 7.38. The van der Waals surface area contributed by atoms with Gasteiger partial charge < -0.3 is 15.8 Å². The summed E-state index contributed by atoms with van der Waals surface area (Å²) in [6.07, 6.45) is 3.94. The summed E-state index contributed by atoms with van der Waals surface area (Å²) in [5, 5.41) is 3.11. The Labute approximate surface area is 167 Å². The number of carbonyl (C=O) groups excluding carboxylic acids is 1. The molecule has 2 aromatic carbocycles. The van der Waals surface area contributed by atoms with E-state index in [0.717, 1.165) is 30.0 Å². The van der Waals surface area contributed by atoms with E-state index in [1.165, 1.54) is 19.3 Å². The fraction of sp³-hybridized carbons (Fsp3) is 0.435. The van der Waals surface area contributed by atoms with Crippen molar-refractivity contribution in [2.24, 2.45) is 5.73 Å². The van der Waals surface area contributed by atoms with E-state index in [0.29, 0.717) is 6.54 Å². The Bertz CT molecular complexity index is 745. The average molecular weight is 382 g/mol. The van der Waals surface area contributed by atoms with E-state index in [-0.39, 0.29) is 24.4 Å². The summed E-state index contributed by atoms with van der Waals surface area (Å²) in [5.41, 5.74) is 8.32. The molecule has 1 aliphatic heterocycles. The molecule has 1 heterocycles. The first kappa shape index (κ1) is 20.4. The Morgan fingerprint density at radius 3 is 2.46 bits per heavy atom. The summed E-state index contributed by atoms with van der Waals surface area (Å²) < 4.78 is 5.59. The largest absolute Gasteiger partial charge is 0.496 e. The Balaban J connectivity index is 1.66. The molecule has 3 N–H and O–H groups in total. The second-order valence-corrected chi connectivity index (χ2v) is 7.38. The Morgan fingerprint density at radius 1 is 1.07 bits per heavy atom. The molecule has 5 heteroatoms. The van der Waals surface area contributed by atoms with Crippen LogP contribution in [0.25, 0.3) is 0 Å². The van der Waals surface area contributed by atoms with Crippen LogP contribution in [0.2, 0.25) is 0 Å². The van der Waals surface area contributed by atoms with Crippen molar-refractivity contribution in [2.45, 2.75) is 37.8 Å². The molecule has 1 fully saturated rings. The lowest BCUT2D eigenvalue weighted by atomic mass is 10.00. The van der Waals surface area contributed by atoms with E-state index >= 15 is 0 Å². The van der Waals surface area contributed by atoms with Gasteiger partial charge in [0.05, 0.1) is 13.2 Å². The SMILES string of the molecule is COc1ccccc1C(CNC(=O)CC(N)c1ccccc1)N1CCCCC1. The molecule has 1 aliphatic rings. The standard InChI is InChI=1S/C23H31N3O2/c1-28-22-13-7-6-12-19(22)21(26-14-8-3-9-15-26)17-25-23(27)16-20(24)18-10-4-2-5-11-18/h2,4-7,10-13,20-21H,3,8-9,14-17,24H2,1H3,(H,25,27). The molecule has 2 atom stereocenters. The minimum atomic E-state index is -0.291. The van der Waals surface area contributed by atoms with Crippen LogP contribution in [0.5, 0.6) is 5.75 Å². The molecule has 2 aromatic rings. The first-order valence-electron chi connectivity index (χ1n) is 10.1. The molecule has 0 aliphatic carbocycles. The lowest BCUT2D eigenvalue weighted by Crippen LogP contribution is -2.41. The van der Waals surface area contributed by atoms with Crippen molar-refractivity contribution in [3.8, 4) is 5.75 Å². The number of carbonyl (C=O) groups is 1. The van der Waals surface area contributed by atoms with Crippen molar-refractivity contribution in [2.75, 3.05) is 26.7 Å². The highest BCUT2D eigenvalue weighted by Gasteiger charge is 2.25.